The van der Waals surface area contributed by atoms with Crippen molar-refractivity contribution >= 4 is 12.0 Å². The highest BCUT2D eigenvalue weighted by molar-refractivity contribution is 5.94. The van der Waals surface area contributed by atoms with Crippen LogP contribution in [0.2, 0.25) is 0 Å². The zero-order chi connectivity index (χ0) is 20.9. The minimum atomic E-state index is -0.566. The second-order valence-corrected chi connectivity index (χ2v) is 8.22. The van der Waals surface area contributed by atoms with Crippen LogP contribution in [0.4, 0.5) is 4.79 Å². The molecule has 0 fully saturated rings. The van der Waals surface area contributed by atoms with E-state index in [4.69, 9.17) is 4.74 Å². The number of carbonyl (C=O) groups excluding carboxylic acids is 2. The van der Waals surface area contributed by atoms with Crippen LogP contribution in [0.5, 0.6) is 0 Å². The number of nitrogens with zero attached hydrogens (tertiary/aromatic N) is 2. The first-order valence-corrected chi connectivity index (χ1v) is 9.44. The lowest BCUT2D eigenvalue weighted by Crippen LogP contribution is -2.48. The molecule has 0 bridgehead atoms. The molecule has 2 aromatic rings. The van der Waals surface area contributed by atoms with Gasteiger partial charge in [-0.25, -0.2) is 9.48 Å². The summed E-state index contributed by atoms with van der Waals surface area (Å²) in [5, 5.41) is 9.96. The summed E-state index contributed by atoms with van der Waals surface area (Å²) in [6.07, 6.45) is 3.22. The molecule has 1 aromatic heterocycles. The Kier molecular flexibility index (Phi) is 6.83. The topological polar surface area (TPSA) is 85.3 Å². The van der Waals surface area contributed by atoms with Crippen molar-refractivity contribution in [3.05, 3.63) is 47.8 Å². The van der Waals surface area contributed by atoms with Crippen LogP contribution in [0, 0.1) is 12.8 Å². The third-order valence-corrected chi connectivity index (χ3v) is 4.10. The molecular formula is C21H30N4O3. The molecule has 2 N–H and O–H groups in total. The van der Waals surface area contributed by atoms with E-state index in [0.29, 0.717) is 12.1 Å². The van der Waals surface area contributed by atoms with Crippen molar-refractivity contribution in [2.24, 2.45) is 5.92 Å². The van der Waals surface area contributed by atoms with E-state index >= 15 is 0 Å². The fourth-order valence-corrected chi connectivity index (χ4v) is 2.54. The van der Waals surface area contributed by atoms with E-state index in [9.17, 15) is 9.59 Å². The molecule has 28 heavy (non-hydrogen) atoms. The number of aromatic nitrogens is 2. The second-order valence-electron chi connectivity index (χ2n) is 8.22. The standard InChI is InChI=1S/C21H30N4O3/c1-14(2)18(24-20(27)28-21(4,5)6)12-22-19(26)16-7-9-17(10-8-16)25-13-15(3)11-23-25/h7-11,13-14,18H,12H2,1-6H3,(H,22,26)(H,24,27). The number of alkyl carbamates (subject to hydrolysis) is 1. The lowest BCUT2D eigenvalue weighted by molar-refractivity contribution is 0.0487. The Morgan fingerprint density at radius 3 is 2.32 bits per heavy atom. The molecule has 1 atom stereocenters. The molecule has 1 heterocycles. The van der Waals surface area contributed by atoms with Gasteiger partial charge in [0.15, 0.2) is 0 Å². The van der Waals surface area contributed by atoms with Gasteiger partial charge in [-0.3, -0.25) is 4.79 Å². The number of rotatable bonds is 6. The van der Waals surface area contributed by atoms with Crippen LogP contribution in [-0.2, 0) is 4.74 Å². The Labute approximate surface area is 166 Å². The molecule has 2 rings (SSSR count). The number of ether oxygens (including phenoxy) is 1. The zero-order valence-corrected chi connectivity index (χ0v) is 17.4. The molecule has 0 saturated heterocycles. The van der Waals surface area contributed by atoms with E-state index in [-0.39, 0.29) is 17.9 Å². The van der Waals surface area contributed by atoms with E-state index in [1.165, 1.54) is 0 Å². The number of aryl methyl sites for hydroxylation is 1. The van der Waals surface area contributed by atoms with Gasteiger partial charge in [0.2, 0.25) is 0 Å². The summed E-state index contributed by atoms with van der Waals surface area (Å²) in [6.45, 7) is 11.7. The summed E-state index contributed by atoms with van der Waals surface area (Å²) in [6, 6.07) is 6.98. The minimum absolute atomic E-state index is 0.137. The van der Waals surface area contributed by atoms with Gasteiger partial charge in [0, 0.05) is 18.3 Å². The molecule has 0 radical (unpaired) electrons. The SMILES string of the molecule is Cc1cnn(-c2ccc(C(=O)NCC(NC(=O)OC(C)(C)C)C(C)C)cc2)c1. The van der Waals surface area contributed by atoms with E-state index in [1.54, 1.807) is 23.0 Å². The molecule has 0 aliphatic rings. The van der Waals surface area contributed by atoms with Gasteiger partial charge in [-0.1, -0.05) is 13.8 Å². The summed E-state index contributed by atoms with van der Waals surface area (Å²) < 4.78 is 7.06. The summed E-state index contributed by atoms with van der Waals surface area (Å²) in [5.41, 5.74) is 1.94. The van der Waals surface area contributed by atoms with Gasteiger partial charge < -0.3 is 15.4 Å². The monoisotopic (exact) mass is 386 g/mol. The van der Waals surface area contributed by atoms with Gasteiger partial charge in [0.1, 0.15) is 5.60 Å². The van der Waals surface area contributed by atoms with Crippen LogP contribution < -0.4 is 10.6 Å². The molecule has 0 aliphatic carbocycles. The lowest BCUT2D eigenvalue weighted by Gasteiger charge is -2.26. The fourth-order valence-electron chi connectivity index (χ4n) is 2.54. The number of carbonyl (C=O) groups is 2. The number of benzene rings is 1. The third-order valence-electron chi connectivity index (χ3n) is 4.10. The third kappa shape index (κ3) is 6.40. The van der Waals surface area contributed by atoms with Crippen molar-refractivity contribution in [3.8, 4) is 5.69 Å². The first kappa shape index (κ1) is 21.5. The average Bonchev–Trinajstić information content (AvgIpc) is 3.03. The maximum absolute atomic E-state index is 12.5. The van der Waals surface area contributed by atoms with Crippen molar-refractivity contribution in [1.29, 1.82) is 0 Å². The first-order chi connectivity index (χ1) is 13.0. The molecule has 1 aromatic carbocycles. The van der Waals surface area contributed by atoms with Crippen LogP contribution in [-0.4, -0.2) is 40.0 Å². The molecule has 152 valence electrons. The molecule has 7 heteroatoms. The van der Waals surface area contributed by atoms with Crippen LogP contribution >= 0.6 is 0 Å². The Morgan fingerprint density at radius 2 is 1.82 bits per heavy atom. The van der Waals surface area contributed by atoms with Gasteiger partial charge in [-0.15, -0.1) is 0 Å². The number of amides is 2. The maximum Gasteiger partial charge on any atom is 0.407 e. The Bertz CT molecular complexity index is 804. The Hall–Kier alpha value is -2.83. The molecule has 1 unspecified atom stereocenters. The van der Waals surface area contributed by atoms with Crippen LogP contribution in [0.1, 0.15) is 50.5 Å². The van der Waals surface area contributed by atoms with Gasteiger partial charge in [-0.2, -0.15) is 5.10 Å². The molecule has 2 amide bonds. The summed E-state index contributed by atoms with van der Waals surface area (Å²) in [4.78, 5) is 24.5. The predicted molar refractivity (Wildman–Crippen MR) is 109 cm³/mol. The van der Waals surface area contributed by atoms with Crippen LogP contribution in [0.3, 0.4) is 0 Å². The minimum Gasteiger partial charge on any atom is -0.444 e. The molecule has 7 nitrogen and oxygen atoms in total. The predicted octanol–water partition coefficient (Wildman–Crippen LogP) is 3.46. The second kappa shape index (κ2) is 8.91. The first-order valence-electron chi connectivity index (χ1n) is 9.44. The lowest BCUT2D eigenvalue weighted by atomic mass is 10.0. The van der Waals surface area contributed by atoms with Crippen molar-refractivity contribution in [2.45, 2.75) is 53.2 Å². The summed E-state index contributed by atoms with van der Waals surface area (Å²) >= 11 is 0. The van der Waals surface area contributed by atoms with E-state index in [1.807, 2.05) is 59.9 Å². The van der Waals surface area contributed by atoms with Crippen molar-refractivity contribution < 1.29 is 14.3 Å². The normalized spacial score (nSPS) is 12.5. The number of hydrogen-bond acceptors (Lipinski definition) is 4. The number of nitrogens with one attached hydrogen (secondary N) is 2. The smallest absolute Gasteiger partial charge is 0.407 e. The van der Waals surface area contributed by atoms with Crippen molar-refractivity contribution in [3.63, 3.8) is 0 Å². The summed E-state index contributed by atoms with van der Waals surface area (Å²) in [7, 11) is 0. The quantitative estimate of drug-likeness (QED) is 0.796. The van der Waals surface area contributed by atoms with Gasteiger partial charge in [0.25, 0.3) is 5.91 Å². The highest BCUT2D eigenvalue weighted by Crippen LogP contribution is 2.11. The van der Waals surface area contributed by atoms with Crippen molar-refractivity contribution in [2.75, 3.05) is 6.54 Å². The van der Waals surface area contributed by atoms with E-state index < -0.39 is 11.7 Å². The van der Waals surface area contributed by atoms with E-state index in [2.05, 4.69) is 15.7 Å². The van der Waals surface area contributed by atoms with Crippen LogP contribution in [0.25, 0.3) is 5.69 Å². The van der Waals surface area contributed by atoms with Crippen LogP contribution in [0.15, 0.2) is 36.7 Å². The maximum atomic E-state index is 12.5. The molecule has 0 spiro atoms. The summed E-state index contributed by atoms with van der Waals surface area (Å²) in [5.74, 6) is -0.0573. The average molecular weight is 386 g/mol. The van der Waals surface area contributed by atoms with Gasteiger partial charge in [0.05, 0.1) is 17.9 Å². The van der Waals surface area contributed by atoms with Crippen molar-refractivity contribution in [1.82, 2.24) is 20.4 Å². The Morgan fingerprint density at radius 1 is 1.18 bits per heavy atom. The largest absolute Gasteiger partial charge is 0.444 e. The molecular weight excluding hydrogens is 356 g/mol. The molecule has 0 aliphatic heterocycles. The zero-order valence-electron chi connectivity index (χ0n) is 17.4. The van der Waals surface area contributed by atoms with Gasteiger partial charge in [-0.05, 0) is 63.4 Å². The Balaban J connectivity index is 1.94. The van der Waals surface area contributed by atoms with Gasteiger partial charge >= 0.3 is 6.09 Å². The molecule has 0 saturated carbocycles. The fraction of sp³-hybridized carbons (Fsp3) is 0.476. The highest BCUT2D eigenvalue weighted by Gasteiger charge is 2.22. The van der Waals surface area contributed by atoms with E-state index in [0.717, 1.165) is 11.3 Å². The number of hydrogen-bond donors (Lipinski definition) is 2. The highest BCUT2D eigenvalue weighted by atomic mass is 16.6.